The molecule has 1 N–H and O–H groups in total. The van der Waals surface area contributed by atoms with E-state index in [-0.39, 0.29) is 4.75 Å². The Labute approximate surface area is 107 Å². The summed E-state index contributed by atoms with van der Waals surface area (Å²) in [5.41, 5.74) is 1.20. The van der Waals surface area contributed by atoms with E-state index in [1.165, 1.54) is 5.56 Å². The van der Waals surface area contributed by atoms with E-state index in [4.69, 9.17) is 0 Å². The zero-order valence-corrected chi connectivity index (χ0v) is 11.6. The fraction of sp³-hybridized carbons (Fsp3) is 0.429. The van der Waals surface area contributed by atoms with Crippen molar-refractivity contribution < 1.29 is 4.21 Å². The Balaban J connectivity index is 2.25. The monoisotopic (exact) mass is 251 g/mol. The molecule has 3 heteroatoms. The molecule has 0 fully saturated rings. The molecule has 0 heterocycles. The lowest BCUT2D eigenvalue weighted by molar-refractivity contribution is 0.635. The fourth-order valence-corrected chi connectivity index (χ4v) is 1.97. The molecule has 0 saturated carbocycles. The highest BCUT2D eigenvalue weighted by molar-refractivity contribution is 7.84. The van der Waals surface area contributed by atoms with Gasteiger partial charge in [-0.25, -0.2) is 8.93 Å². The normalized spacial score (nSPS) is 14.1. The molecule has 1 aromatic rings. The van der Waals surface area contributed by atoms with Crippen molar-refractivity contribution in [3.63, 3.8) is 0 Å². The van der Waals surface area contributed by atoms with Crippen LogP contribution in [0, 0.1) is 0 Å². The lowest BCUT2D eigenvalue weighted by Gasteiger charge is -2.17. The first-order valence-corrected chi connectivity index (χ1v) is 7.02. The van der Waals surface area contributed by atoms with E-state index in [1.807, 2.05) is 39.0 Å². The van der Waals surface area contributed by atoms with Crippen LogP contribution in [0.4, 0.5) is 0 Å². The summed E-state index contributed by atoms with van der Waals surface area (Å²) in [5.74, 6) is 0. The van der Waals surface area contributed by atoms with Crippen LogP contribution >= 0.6 is 0 Å². The Morgan fingerprint density at radius 2 is 1.88 bits per heavy atom. The van der Waals surface area contributed by atoms with Gasteiger partial charge in [-0.2, -0.15) is 0 Å². The minimum absolute atomic E-state index is 0.191. The first-order chi connectivity index (χ1) is 8.00. The highest BCUT2D eigenvalue weighted by Crippen LogP contribution is 2.08. The molecule has 0 spiro atoms. The molecule has 0 aliphatic heterocycles. The molecule has 1 unspecified atom stereocenters. The van der Waals surface area contributed by atoms with Crippen LogP contribution in [0.25, 0.3) is 6.08 Å². The minimum atomic E-state index is -0.969. The Morgan fingerprint density at radius 3 is 2.47 bits per heavy atom. The maximum Gasteiger partial charge on any atom is 0.0970 e. The van der Waals surface area contributed by atoms with Gasteiger partial charge >= 0.3 is 0 Å². The molecule has 0 saturated heterocycles. The van der Waals surface area contributed by atoms with E-state index in [2.05, 4.69) is 29.0 Å². The minimum Gasteiger partial charge on any atom is -0.242 e. The lowest BCUT2D eigenvalue weighted by atomic mass is 10.2. The molecule has 0 aromatic heterocycles. The van der Waals surface area contributed by atoms with E-state index < -0.39 is 11.0 Å². The van der Waals surface area contributed by atoms with Crippen LogP contribution in [0.5, 0.6) is 0 Å². The third-order valence-electron chi connectivity index (χ3n) is 2.21. The van der Waals surface area contributed by atoms with Crippen LogP contribution in [0.15, 0.2) is 36.4 Å². The van der Waals surface area contributed by atoms with Crippen LogP contribution in [0.3, 0.4) is 0 Å². The van der Waals surface area contributed by atoms with E-state index in [0.717, 1.165) is 13.0 Å². The third-order valence-corrected chi connectivity index (χ3v) is 3.79. The van der Waals surface area contributed by atoms with Crippen molar-refractivity contribution in [1.29, 1.82) is 0 Å². The molecule has 0 radical (unpaired) electrons. The predicted molar refractivity (Wildman–Crippen MR) is 76.0 cm³/mol. The molecular formula is C14H21NOS. The van der Waals surface area contributed by atoms with Gasteiger partial charge in [-0.1, -0.05) is 42.5 Å². The van der Waals surface area contributed by atoms with E-state index in [1.54, 1.807) is 0 Å². The van der Waals surface area contributed by atoms with Gasteiger partial charge in [-0.3, -0.25) is 0 Å². The van der Waals surface area contributed by atoms with Crippen molar-refractivity contribution in [3.05, 3.63) is 42.0 Å². The predicted octanol–water partition coefficient (Wildman–Crippen LogP) is 3.14. The van der Waals surface area contributed by atoms with E-state index in [9.17, 15) is 4.21 Å². The summed E-state index contributed by atoms with van der Waals surface area (Å²) in [4.78, 5) is 0. The lowest BCUT2D eigenvalue weighted by Crippen LogP contribution is -2.33. The smallest absolute Gasteiger partial charge is 0.0970 e. The molecule has 1 aromatic carbocycles. The zero-order valence-electron chi connectivity index (χ0n) is 10.8. The number of hydrogen-bond acceptors (Lipinski definition) is 1. The van der Waals surface area contributed by atoms with Crippen LogP contribution in [0.1, 0.15) is 32.8 Å². The van der Waals surface area contributed by atoms with Crippen molar-refractivity contribution >= 4 is 17.1 Å². The highest BCUT2D eigenvalue weighted by Gasteiger charge is 2.18. The van der Waals surface area contributed by atoms with Gasteiger partial charge in [0, 0.05) is 6.54 Å². The molecule has 0 amide bonds. The summed E-state index contributed by atoms with van der Waals surface area (Å²) in [6, 6.07) is 10.2. The standard InChI is InChI=1S/C14H21NOS/c1-14(2,3)17(16)15-12-8-7-11-13-9-5-4-6-10-13/h4-7,9-11,15H,8,12H2,1-3H3. The van der Waals surface area contributed by atoms with Gasteiger partial charge in [0.15, 0.2) is 0 Å². The first-order valence-electron chi connectivity index (χ1n) is 5.87. The molecule has 0 aliphatic rings. The number of benzene rings is 1. The van der Waals surface area contributed by atoms with E-state index in [0.29, 0.717) is 0 Å². The summed E-state index contributed by atoms with van der Waals surface area (Å²) < 4.78 is 14.5. The van der Waals surface area contributed by atoms with Crippen LogP contribution in [-0.2, 0) is 11.0 Å². The van der Waals surface area contributed by atoms with Gasteiger partial charge in [-0.15, -0.1) is 0 Å². The van der Waals surface area contributed by atoms with Gasteiger partial charge in [0.05, 0.1) is 15.7 Å². The quantitative estimate of drug-likeness (QED) is 0.800. The second-order valence-corrected chi connectivity index (χ2v) is 6.93. The highest BCUT2D eigenvalue weighted by atomic mass is 32.2. The zero-order chi connectivity index (χ0) is 12.7. The van der Waals surface area contributed by atoms with Crippen LogP contribution < -0.4 is 4.72 Å². The molecule has 0 bridgehead atoms. The van der Waals surface area contributed by atoms with Crippen LogP contribution in [0.2, 0.25) is 0 Å². The average molecular weight is 251 g/mol. The SMILES string of the molecule is CC(C)(C)S(=O)NCCC=Cc1ccccc1. The van der Waals surface area contributed by atoms with Crippen molar-refractivity contribution in [2.75, 3.05) is 6.54 Å². The van der Waals surface area contributed by atoms with Crippen molar-refractivity contribution in [1.82, 2.24) is 4.72 Å². The fourth-order valence-electron chi connectivity index (χ4n) is 1.24. The van der Waals surface area contributed by atoms with E-state index >= 15 is 0 Å². The third kappa shape index (κ3) is 5.80. The summed E-state index contributed by atoms with van der Waals surface area (Å²) in [6.45, 7) is 6.65. The second-order valence-electron chi connectivity index (χ2n) is 4.88. The Kier molecular flexibility index (Phi) is 5.59. The molecule has 0 aliphatic carbocycles. The number of hydrogen-bond donors (Lipinski definition) is 1. The van der Waals surface area contributed by atoms with Crippen LogP contribution in [-0.4, -0.2) is 15.5 Å². The van der Waals surface area contributed by atoms with Crippen molar-refractivity contribution in [3.8, 4) is 0 Å². The largest absolute Gasteiger partial charge is 0.242 e. The van der Waals surface area contributed by atoms with Crippen molar-refractivity contribution in [2.24, 2.45) is 0 Å². The second kappa shape index (κ2) is 6.72. The van der Waals surface area contributed by atoms with Gasteiger partial charge in [-0.05, 0) is 32.8 Å². The average Bonchev–Trinajstić information content (AvgIpc) is 2.28. The summed E-state index contributed by atoms with van der Waals surface area (Å²) in [6.07, 6.45) is 5.07. The first kappa shape index (κ1) is 14.1. The van der Waals surface area contributed by atoms with Gasteiger partial charge < -0.3 is 0 Å². The Bertz CT molecular complexity index is 379. The van der Waals surface area contributed by atoms with Crippen molar-refractivity contribution in [2.45, 2.75) is 31.9 Å². The van der Waals surface area contributed by atoms with Gasteiger partial charge in [0.25, 0.3) is 0 Å². The molecule has 94 valence electrons. The number of rotatable bonds is 5. The summed E-state index contributed by atoms with van der Waals surface area (Å²) in [5, 5.41) is 0. The molecule has 17 heavy (non-hydrogen) atoms. The molecular weight excluding hydrogens is 230 g/mol. The Morgan fingerprint density at radius 1 is 1.24 bits per heavy atom. The van der Waals surface area contributed by atoms with Gasteiger partial charge in [0.1, 0.15) is 0 Å². The maximum absolute atomic E-state index is 11.7. The van der Waals surface area contributed by atoms with Gasteiger partial charge in [0.2, 0.25) is 0 Å². The molecule has 2 nitrogen and oxygen atoms in total. The summed E-state index contributed by atoms with van der Waals surface area (Å²) in [7, 11) is -0.969. The topological polar surface area (TPSA) is 29.1 Å². The molecule has 1 atom stereocenters. The molecule has 1 rings (SSSR count). The number of nitrogens with one attached hydrogen (secondary N) is 1. The Hall–Kier alpha value is -0.930. The summed E-state index contributed by atoms with van der Waals surface area (Å²) >= 11 is 0. The maximum atomic E-state index is 11.7.